The van der Waals surface area contributed by atoms with Crippen LogP contribution >= 0.6 is 12.4 Å². The lowest BCUT2D eigenvalue weighted by atomic mass is 9.96. The second-order valence-electron chi connectivity index (χ2n) is 4.38. The molecule has 16 heavy (non-hydrogen) atoms. The van der Waals surface area contributed by atoms with E-state index in [4.69, 9.17) is 10.5 Å². The van der Waals surface area contributed by atoms with Crippen LogP contribution in [-0.4, -0.2) is 31.7 Å². The molecule has 1 unspecified atom stereocenters. The zero-order valence-electron chi connectivity index (χ0n) is 9.91. The molecule has 1 atom stereocenters. The van der Waals surface area contributed by atoms with Crippen molar-refractivity contribution < 1.29 is 9.53 Å². The lowest BCUT2D eigenvalue weighted by molar-refractivity contribution is -0.122. The second kappa shape index (κ2) is 8.79. The van der Waals surface area contributed by atoms with Gasteiger partial charge in [-0.05, 0) is 32.1 Å². The topological polar surface area (TPSA) is 64.3 Å². The van der Waals surface area contributed by atoms with E-state index < -0.39 is 0 Å². The maximum atomic E-state index is 11.5. The average molecular weight is 251 g/mol. The van der Waals surface area contributed by atoms with E-state index >= 15 is 0 Å². The minimum Gasteiger partial charge on any atom is -0.381 e. The summed E-state index contributed by atoms with van der Waals surface area (Å²) in [7, 11) is 0. The summed E-state index contributed by atoms with van der Waals surface area (Å²) in [6.45, 7) is 4.25. The molecule has 4 nitrogen and oxygen atoms in total. The Bertz CT molecular complexity index is 194. The summed E-state index contributed by atoms with van der Waals surface area (Å²) < 4.78 is 5.25. The number of halogens is 1. The third-order valence-corrected chi connectivity index (χ3v) is 2.74. The zero-order chi connectivity index (χ0) is 11.1. The van der Waals surface area contributed by atoms with Gasteiger partial charge in [-0.1, -0.05) is 0 Å². The highest BCUT2D eigenvalue weighted by Crippen LogP contribution is 2.17. The molecule has 5 heteroatoms. The monoisotopic (exact) mass is 250 g/mol. The van der Waals surface area contributed by atoms with E-state index in [9.17, 15) is 4.79 Å². The number of rotatable bonds is 5. The van der Waals surface area contributed by atoms with Crippen LogP contribution in [0, 0.1) is 5.92 Å². The summed E-state index contributed by atoms with van der Waals surface area (Å²) in [6.07, 6.45) is 3.52. The highest BCUT2D eigenvalue weighted by molar-refractivity contribution is 5.85. The van der Waals surface area contributed by atoms with Crippen LogP contribution < -0.4 is 11.1 Å². The van der Waals surface area contributed by atoms with Crippen LogP contribution in [0.25, 0.3) is 0 Å². The molecule has 0 aromatic rings. The number of nitrogens with one attached hydrogen (secondary N) is 1. The number of carbonyl (C=O) groups excluding carboxylic acids is 1. The van der Waals surface area contributed by atoms with Crippen LogP contribution in [0.3, 0.4) is 0 Å². The van der Waals surface area contributed by atoms with Crippen molar-refractivity contribution >= 4 is 18.3 Å². The van der Waals surface area contributed by atoms with Crippen molar-refractivity contribution in [3.63, 3.8) is 0 Å². The van der Waals surface area contributed by atoms with Crippen molar-refractivity contribution in [2.75, 3.05) is 19.8 Å². The summed E-state index contributed by atoms with van der Waals surface area (Å²) in [4.78, 5) is 11.5. The van der Waals surface area contributed by atoms with Crippen LogP contribution in [0.2, 0.25) is 0 Å². The molecular weight excluding hydrogens is 228 g/mol. The van der Waals surface area contributed by atoms with E-state index in [1.165, 1.54) is 0 Å². The Balaban J connectivity index is 0.00000225. The van der Waals surface area contributed by atoms with Gasteiger partial charge in [0.15, 0.2) is 0 Å². The van der Waals surface area contributed by atoms with E-state index in [0.717, 1.165) is 32.5 Å². The number of hydrogen-bond acceptors (Lipinski definition) is 3. The lowest BCUT2D eigenvalue weighted by Crippen LogP contribution is -2.31. The van der Waals surface area contributed by atoms with Gasteiger partial charge in [-0.25, -0.2) is 0 Å². The van der Waals surface area contributed by atoms with Crippen LogP contribution in [0.15, 0.2) is 0 Å². The first-order valence-electron chi connectivity index (χ1n) is 5.78. The molecule has 1 aliphatic heterocycles. The molecule has 1 fully saturated rings. The number of amides is 1. The smallest absolute Gasteiger partial charge is 0.220 e. The first kappa shape index (κ1) is 15.7. The predicted octanol–water partition coefficient (Wildman–Crippen LogP) is 1.08. The van der Waals surface area contributed by atoms with Gasteiger partial charge in [0.1, 0.15) is 0 Å². The minimum absolute atomic E-state index is 0. The highest BCUT2D eigenvalue weighted by Gasteiger charge is 2.16. The summed E-state index contributed by atoms with van der Waals surface area (Å²) in [5.41, 5.74) is 5.60. The molecule has 0 aromatic carbocycles. The lowest BCUT2D eigenvalue weighted by Gasteiger charge is -2.21. The molecule has 0 bridgehead atoms. The molecule has 96 valence electrons. The summed E-state index contributed by atoms with van der Waals surface area (Å²) >= 11 is 0. The van der Waals surface area contributed by atoms with Crippen LogP contribution in [0.4, 0.5) is 0 Å². The molecule has 0 radical (unpaired) electrons. The van der Waals surface area contributed by atoms with E-state index in [-0.39, 0.29) is 24.4 Å². The molecular formula is C11H23ClN2O2. The Morgan fingerprint density at radius 1 is 1.50 bits per heavy atom. The van der Waals surface area contributed by atoms with Gasteiger partial charge in [0.25, 0.3) is 0 Å². The van der Waals surface area contributed by atoms with E-state index in [1.54, 1.807) is 0 Å². The molecule has 1 saturated heterocycles. The maximum absolute atomic E-state index is 11.5. The number of ether oxygens (including phenoxy) is 1. The van der Waals surface area contributed by atoms with Gasteiger partial charge in [0.2, 0.25) is 5.91 Å². The molecule has 3 N–H and O–H groups in total. The molecule has 1 amide bonds. The van der Waals surface area contributed by atoms with Gasteiger partial charge in [0, 0.05) is 32.2 Å². The molecule has 1 rings (SSSR count). The molecule has 1 heterocycles. The first-order chi connectivity index (χ1) is 7.18. The van der Waals surface area contributed by atoms with Gasteiger partial charge in [0.05, 0.1) is 0 Å². The van der Waals surface area contributed by atoms with Gasteiger partial charge in [-0.3, -0.25) is 4.79 Å². The van der Waals surface area contributed by atoms with Crippen molar-refractivity contribution in [1.82, 2.24) is 5.32 Å². The van der Waals surface area contributed by atoms with Gasteiger partial charge < -0.3 is 15.8 Å². The molecule has 0 aliphatic carbocycles. The summed E-state index contributed by atoms with van der Waals surface area (Å²) in [5, 5.41) is 2.90. The quantitative estimate of drug-likeness (QED) is 0.768. The maximum Gasteiger partial charge on any atom is 0.220 e. The molecule has 1 aliphatic rings. The van der Waals surface area contributed by atoms with Crippen molar-refractivity contribution in [2.24, 2.45) is 11.7 Å². The van der Waals surface area contributed by atoms with Crippen molar-refractivity contribution in [3.8, 4) is 0 Å². The minimum atomic E-state index is 0. The standard InChI is InChI=1S/C11H22N2O2.ClH/c1-9(12)2-5-13-11(14)8-10-3-6-15-7-4-10;/h9-10H,2-8,12H2,1H3,(H,13,14);1H. The average Bonchev–Trinajstić information content (AvgIpc) is 2.18. The third-order valence-electron chi connectivity index (χ3n) is 2.74. The van der Waals surface area contributed by atoms with E-state index in [2.05, 4.69) is 5.32 Å². The fourth-order valence-corrected chi connectivity index (χ4v) is 1.72. The van der Waals surface area contributed by atoms with Crippen molar-refractivity contribution in [1.29, 1.82) is 0 Å². The second-order valence-corrected chi connectivity index (χ2v) is 4.38. The van der Waals surface area contributed by atoms with Crippen molar-refractivity contribution in [3.05, 3.63) is 0 Å². The molecule has 0 saturated carbocycles. The number of hydrogen-bond donors (Lipinski definition) is 2. The fraction of sp³-hybridized carbons (Fsp3) is 0.909. The molecule has 0 aromatic heterocycles. The predicted molar refractivity (Wildman–Crippen MR) is 66.7 cm³/mol. The summed E-state index contributed by atoms with van der Waals surface area (Å²) in [6, 6.07) is 0.161. The Hall–Kier alpha value is -0.320. The normalized spacial score (nSPS) is 18.6. The Morgan fingerprint density at radius 3 is 2.69 bits per heavy atom. The van der Waals surface area contributed by atoms with Crippen LogP contribution in [-0.2, 0) is 9.53 Å². The summed E-state index contributed by atoms with van der Waals surface area (Å²) in [5.74, 6) is 0.664. The number of nitrogens with two attached hydrogens (primary N) is 1. The Kier molecular flexibility index (Phi) is 8.61. The van der Waals surface area contributed by atoms with Crippen LogP contribution in [0.5, 0.6) is 0 Å². The van der Waals surface area contributed by atoms with Gasteiger partial charge >= 0.3 is 0 Å². The van der Waals surface area contributed by atoms with E-state index in [0.29, 0.717) is 18.9 Å². The van der Waals surface area contributed by atoms with Crippen LogP contribution in [0.1, 0.15) is 32.6 Å². The number of carbonyl (C=O) groups is 1. The fourth-order valence-electron chi connectivity index (χ4n) is 1.72. The Morgan fingerprint density at radius 2 is 2.12 bits per heavy atom. The van der Waals surface area contributed by atoms with Crippen molar-refractivity contribution in [2.45, 2.75) is 38.6 Å². The highest BCUT2D eigenvalue weighted by atomic mass is 35.5. The van der Waals surface area contributed by atoms with Gasteiger partial charge in [-0.15, -0.1) is 12.4 Å². The SMILES string of the molecule is CC(N)CCNC(=O)CC1CCOCC1.Cl. The van der Waals surface area contributed by atoms with E-state index in [1.807, 2.05) is 6.92 Å². The molecule has 0 spiro atoms. The largest absolute Gasteiger partial charge is 0.381 e. The first-order valence-corrected chi connectivity index (χ1v) is 5.78. The Labute approximate surface area is 104 Å². The zero-order valence-corrected chi connectivity index (χ0v) is 10.7. The van der Waals surface area contributed by atoms with Gasteiger partial charge in [-0.2, -0.15) is 0 Å². The third kappa shape index (κ3) is 7.04.